The van der Waals surface area contributed by atoms with E-state index < -0.39 is 0 Å². The van der Waals surface area contributed by atoms with Crippen molar-refractivity contribution in [2.45, 2.75) is 19.9 Å². The molecule has 7 heteroatoms. The minimum atomic E-state index is -0.151. The number of benzene rings is 2. The molecule has 0 atom stereocenters. The zero-order valence-electron chi connectivity index (χ0n) is 18.9. The van der Waals surface area contributed by atoms with Gasteiger partial charge in [-0.15, -0.1) is 0 Å². The van der Waals surface area contributed by atoms with Crippen molar-refractivity contribution in [3.05, 3.63) is 66.0 Å². The zero-order chi connectivity index (χ0) is 22.7. The van der Waals surface area contributed by atoms with Gasteiger partial charge >= 0.3 is 0 Å². The Morgan fingerprint density at radius 1 is 1.06 bits per heavy atom. The highest BCUT2D eigenvalue weighted by Crippen LogP contribution is 2.32. The van der Waals surface area contributed by atoms with Gasteiger partial charge in [-0.3, -0.25) is 9.48 Å². The number of hydrogen-bond donors (Lipinski definition) is 1. The van der Waals surface area contributed by atoms with Crippen molar-refractivity contribution in [2.24, 2.45) is 7.05 Å². The SMILES string of the molecule is COc1ccc(OC)c(-c2cc(C(=O)NCCCn3c(C)cc4ccccc43)n(C)n2)c1. The molecule has 0 aliphatic rings. The first-order valence-corrected chi connectivity index (χ1v) is 10.6. The summed E-state index contributed by atoms with van der Waals surface area (Å²) in [7, 11) is 4.98. The highest BCUT2D eigenvalue weighted by Gasteiger charge is 2.17. The van der Waals surface area contributed by atoms with Crippen LogP contribution in [-0.2, 0) is 13.6 Å². The van der Waals surface area contributed by atoms with E-state index in [9.17, 15) is 4.79 Å². The summed E-state index contributed by atoms with van der Waals surface area (Å²) in [5.74, 6) is 1.22. The molecular formula is C25H28N4O3. The average molecular weight is 433 g/mol. The number of amides is 1. The lowest BCUT2D eigenvalue weighted by Crippen LogP contribution is -2.27. The Labute approximate surface area is 187 Å². The first kappa shape index (κ1) is 21.5. The van der Waals surface area contributed by atoms with E-state index >= 15 is 0 Å². The minimum Gasteiger partial charge on any atom is -0.497 e. The molecule has 4 rings (SSSR count). The lowest BCUT2D eigenvalue weighted by atomic mass is 10.1. The fraction of sp³-hybridized carbons (Fsp3) is 0.280. The lowest BCUT2D eigenvalue weighted by molar-refractivity contribution is 0.0943. The molecule has 32 heavy (non-hydrogen) atoms. The number of carbonyl (C=O) groups excluding carboxylic acids is 1. The number of hydrogen-bond acceptors (Lipinski definition) is 4. The van der Waals surface area contributed by atoms with Crippen molar-refractivity contribution in [2.75, 3.05) is 20.8 Å². The summed E-state index contributed by atoms with van der Waals surface area (Å²) in [5.41, 5.74) is 4.37. The Morgan fingerprint density at radius 3 is 2.66 bits per heavy atom. The number of nitrogens with zero attached hydrogens (tertiary/aromatic N) is 3. The lowest BCUT2D eigenvalue weighted by Gasteiger charge is -2.09. The van der Waals surface area contributed by atoms with Crippen LogP contribution in [0.1, 0.15) is 22.6 Å². The van der Waals surface area contributed by atoms with Crippen molar-refractivity contribution in [3.8, 4) is 22.8 Å². The largest absolute Gasteiger partial charge is 0.497 e. The number of fused-ring (bicyclic) bond motifs is 1. The molecule has 0 saturated carbocycles. The fourth-order valence-electron chi connectivity index (χ4n) is 4.00. The molecule has 1 amide bonds. The van der Waals surface area contributed by atoms with E-state index in [1.165, 1.54) is 16.6 Å². The molecule has 0 unspecified atom stereocenters. The van der Waals surface area contributed by atoms with Crippen LogP contribution in [0, 0.1) is 6.92 Å². The molecule has 2 heterocycles. The Bertz CT molecular complexity index is 1260. The monoisotopic (exact) mass is 432 g/mol. The highest BCUT2D eigenvalue weighted by atomic mass is 16.5. The number of methoxy groups -OCH3 is 2. The molecule has 0 aliphatic carbocycles. The Kier molecular flexibility index (Phi) is 6.16. The van der Waals surface area contributed by atoms with E-state index in [1.54, 1.807) is 32.0 Å². The van der Waals surface area contributed by atoms with Gasteiger partial charge in [0.1, 0.15) is 17.2 Å². The summed E-state index contributed by atoms with van der Waals surface area (Å²) >= 11 is 0. The molecule has 166 valence electrons. The van der Waals surface area contributed by atoms with Crippen LogP contribution in [0.25, 0.3) is 22.2 Å². The van der Waals surface area contributed by atoms with Crippen LogP contribution in [0.5, 0.6) is 11.5 Å². The summed E-state index contributed by atoms with van der Waals surface area (Å²) < 4.78 is 14.7. The van der Waals surface area contributed by atoms with E-state index in [4.69, 9.17) is 9.47 Å². The van der Waals surface area contributed by atoms with E-state index in [1.807, 2.05) is 18.2 Å². The van der Waals surface area contributed by atoms with E-state index in [-0.39, 0.29) is 5.91 Å². The van der Waals surface area contributed by atoms with Crippen molar-refractivity contribution in [3.63, 3.8) is 0 Å². The molecular weight excluding hydrogens is 404 g/mol. The summed E-state index contributed by atoms with van der Waals surface area (Å²) in [4.78, 5) is 12.8. The molecule has 0 bridgehead atoms. The van der Waals surface area contributed by atoms with Gasteiger partial charge in [-0.25, -0.2) is 0 Å². The Hall–Kier alpha value is -3.74. The number of para-hydroxylation sites is 1. The molecule has 0 spiro atoms. The van der Waals surface area contributed by atoms with Gasteiger partial charge in [0.25, 0.3) is 5.91 Å². The third-order valence-electron chi connectivity index (χ3n) is 5.66. The average Bonchev–Trinajstić information content (AvgIpc) is 3.35. The summed E-state index contributed by atoms with van der Waals surface area (Å²) in [5, 5.41) is 8.77. The number of aryl methyl sites for hydroxylation is 3. The molecule has 0 aliphatic heterocycles. The van der Waals surface area contributed by atoms with Crippen LogP contribution in [0.3, 0.4) is 0 Å². The highest BCUT2D eigenvalue weighted by molar-refractivity contribution is 5.94. The molecule has 2 aromatic heterocycles. The molecule has 2 aromatic carbocycles. The molecule has 1 N–H and O–H groups in total. The number of aromatic nitrogens is 3. The zero-order valence-corrected chi connectivity index (χ0v) is 18.9. The molecule has 7 nitrogen and oxygen atoms in total. The van der Waals surface area contributed by atoms with Crippen molar-refractivity contribution in [1.29, 1.82) is 0 Å². The Balaban J connectivity index is 1.42. The van der Waals surface area contributed by atoms with Crippen LogP contribution in [0.15, 0.2) is 54.6 Å². The van der Waals surface area contributed by atoms with Crippen molar-refractivity contribution < 1.29 is 14.3 Å². The number of carbonyl (C=O) groups is 1. The van der Waals surface area contributed by atoms with Gasteiger partial charge < -0.3 is 19.4 Å². The summed E-state index contributed by atoms with van der Waals surface area (Å²) in [6.45, 7) is 3.54. The first-order chi connectivity index (χ1) is 15.5. The maximum absolute atomic E-state index is 12.8. The van der Waals surface area contributed by atoms with Gasteiger partial charge in [0, 0.05) is 36.9 Å². The van der Waals surface area contributed by atoms with Gasteiger partial charge in [-0.1, -0.05) is 18.2 Å². The summed E-state index contributed by atoms with van der Waals surface area (Å²) in [6.07, 6.45) is 0.833. The second-order valence-electron chi connectivity index (χ2n) is 7.71. The van der Waals surface area contributed by atoms with Gasteiger partial charge in [0.15, 0.2) is 0 Å². The summed E-state index contributed by atoms with van der Waals surface area (Å²) in [6, 6.07) is 17.8. The third-order valence-corrected chi connectivity index (χ3v) is 5.66. The van der Waals surface area contributed by atoms with Gasteiger partial charge in [-0.05, 0) is 55.1 Å². The predicted octanol–water partition coefficient (Wildman–Crippen LogP) is 4.19. The van der Waals surface area contributed by atoms with E-state index in [0.29, 0.717) is 29.4 Å². The van der Waals surface area contributed by atoms with Crippen LogP contribution in [-0.4, -0.2) is 41.0 Å². The van der Waals surface area contributed by atoms with Gasteiger partial charge in [0.05, 0.1) is 19.9 Å². The van der Waals surface area contributed by atoms with Crippen LogP contribution < -0.4 is 14.8 Å². The molecule has 0 fully saturated rings. The second-order valence-corrected chi connectivity index (χ2v) is 7.71. The topological polar surface area (TPSA) is 70.3 Å². The van der Waals surface area contributed by atoms with Crippen molar-refractivity contribution >= 4 is 16.8 Å². The quantitative estimate of drug-likeness (QED) is 0.424. The molecule has 0 radical (unpaired) electrons. The van der Waals surface area contributed by atoms with Crippen molar-refractivity contribution in [1.82, 2.24) is 19.7 Å². The van der Waals surface area contributed by atoms with Crippen LogP contribution in [0.4, 0.5) is 0 Å². The standard InChI is InChI=1S/C25H28N4O3/c1-17-14-18-8-5-6-9-22(18)29(17)13-7-12-26-25(30)23-16-21(27-28(23)2)20-15-19(31-3)10-11-24(20)32-4/h5-6,8-11,14-16H,7,12-13H2,1-4H3,(H,26,30). The minimum absolute atomic E-state index is 0.151. The van der Waals surface area contributed by atoms with E-state index in [0.717, 1.165) is 18.5 Å². The normalized spacial score (nSPS) is 11.0. The number of ether oxygens (including phenoxy) is 2. The fourth-order valence-corrected chi connectivity index (χ4v) is 4.00. The molecule has 4 aromatic rings. The first-order valence-electron chi connectivity index (χ1n) is 10.6. The van der Waals surface area contributed by atoms with Gasteiger partial charge in [0.2, 0.25) is 0 Å². The number of nitrogens with one attached hydrogen (secondary N) is 1. The van der Waals surface area contributed by atoms with Crippen LogP contribution in [0.2, 0.25) is 0 Å². The maximum Gasteiger partial charge on any atom is 0.269 e. The Morgan fingerprint density at radius 2 is 1.88 bits per heavy atom. The predicted molar refractivity (Wildman–Crippen MR) is 125 cm³/mol. The number of rotatable bonds is 8. The van der Waals surface area contributed by atoms with Crippen LogP contribution >= 0.6 is 0 Å². The smallest absolute Gasteiger partial charge is 0.269 e. The maximum atomic E-state index is 12.8. The third kappa shape index (κ3) is 4.19. The van der Waals surface area contributed by atoms with E-state index in [2.05, 4.69) is 52.2 Å². The second kappa shape index (κ2) is 9.18. The molecule has 0 saturated heterocycles. The van der Waals surface area contributed by atoms with Gasteiger partial charge in [-0.2, -0.15) is 5.10 Å².